The van der Waals surface area contributed by atoms with E-state index in [0.29, 0.717) is 12.8 Å². The lowest BCUT2D eigenvalue weighted by Gasteiger charge is -2.26. The molecule has 0 heterocycles. The fourth-order valence-corrected chi connectivity index (χ4v) is 6.28. The Morgan fingerprint density at radius 3 is 1.85 bits per heavy atom. The van der Waals surface area contributed by atoms with Crippen LogP contribution in [0.15, 0.2) is 54.6 Å². The molecule has 12 heteroatoms. The van der Waals surface area contributed by atoms with E-state index in [1.165, 1.54) is 37.6 Å². The van der Waals surface area contributed by atoms with Gasteiger partial charge in [-0.2, -0.15) is 5.09 Å². The highest BCUT2D eigenvalue weighted by molar-refractivity contribution is 7.52. The van der Waals surface area contributed by atoms with Gasteiger partial charge in [-0.25, -0.2) is 9.36 Å². The van der Waals surface area contributed by atoms with Crippen LogP contribution in [0.4, 0.5) is 5.69 Å². The van der Waals surface area contributed by atoms with Crippen molar-refractivity contribution in [3.63, 3.8) is 0 Å². The molecule has 0 fully saturated rings. The van der Waals surface area contributed by atoms with Gasteiger partial charge in [-0.05, 0) is 43.9 Å². The van der Waals surface area contributed by atoms with Gasteiger partial charge in [0.2, 0.25) is 0 Å². The van der Waals surface area contributed by atoms with Gasteiger partial charge < -0.3 is 14.0 Å². The number of hydrogen-bond donors (Lipinski definition) is 1. The number of carbonyl (C=O) groups is 2. The zero-order chi connectivity index (χ0) is 33.6. The summed E-state index contributed by atoms with van der Waals surface area (Å²) in [4.78, 5) is 36.7. The standard InChI is InChI=1S/C34H51N2O9P/c1-4-6-8-10-12-17-25-42-33(37)28(3)44-46(41,45-31-23-21-30(22-24-31)36(39)40)35-32(27-29-19-15-14-16-20-29)34(38)43-26-18-13-11-9-7-5-2/h14-16,19-24,28,32H,4-13,17-18,25-27H2,1-3H3,(H,35,41)/t28-,32-,46?/m0/s1. The predicted molar refractivity (Wildman–Crippen MR) is 178 cm³/mol. The summed E-state index contributed by atoms with van der Waals surface area (Å²) < 4.78 is 36.6. The summed E-state index contributed by atoms with van der Waals surface area (Å²) in [6, 6.07) is 12.9. The lowest BCUT2D eigenvalue weighted by atomic mass is 10.1. The molecule has 3 atom stereocenters. The third kappa shape index (κ3) is 15.8. The number of ether oxygens (including phenoxy) is 2. The molecular formula is C34H51N2O9P. The maximum atomic E-state index is 14.3. The number of nitro benzene ring substituents is 1. The van der Waals surface area contributed by atoms with Gasteiger partial charge in [0.15, 0.2) is 6.10 Å². The van der Waals surface area contributed by atoms with Crippen LogP contribution in [0.25, 0.3) is 0 Å². The van der Waals surface area contributed by atoms with Crippen molar-refractivity contribution in [2.75, 3.05) is 13.2 Å². The highest BCUT2D eigenvalue weighted by Gasteiger charge is 2.38. The fraction of sp³-hybridized carbons (Fsp3) is 0.588. The largest absolute Gasteiger partial charge is 0.465 e. The summed E-state index contributed by atoms with van der Waals surface area (Å²) >= 11 is 0. The SMILES string of the molecule is CCCCCCCCOC(=O)[C@H](Cc1ccccc1)NP(=O)(Oc1ccc([N+](=O)[O-])cc1)O[C@@H](C)C(=O)OCCCCCCCC. The molecular weight excluding hydrogens is 611 g/mol. The monoisotopic (exact) mass is 662 g/mol. The Morgan fingerprint density at radius 1 is 0.783 bits per heavy atom. The topological polar surface area (TPSA) is 143 Å². The number of nitrogens with one attached hydrogen (secondary N) is 1. The van der Waals surface area contributed by atoms with Gasteiger partial charge in [0, 0.05) is 12.1 Å². The quantitative estimate of drug-likeness (QED) is 0.0361. The molecule has 0 saturated carbocycles. The highest BCUT2D eigenvalue weighted by atomic mass is 31.2. The molecule has 0 spiro atoms. The van der Waals surface area contributed by atoms with Gasteiger partial charge in [-0.15, -0.1) is 0 Å². The first-order valence-corrected chi connectivity index (χ1v) is 18.1. The van der Waals surface area contributed by atoms with Crippen molar-refractivity contribution in [2.45, 2.75) is 116 Å². The molecule has 11 nitrogen and oxygen atoms in total. The number of benzene rings is 2. The van der Waals surface area contributed by atoms with E-state index in [0.717, 1.165) is 63.4 Å². The molecule has 0 radical (unpaired) electrons. The average molecular weight is 663 g/mol. The minimum absolute atomic E-state index is 0.0204. The minimum atomic E-state index is -4.47. The Labute approximate surface area is 273 Å². The van der Waals surface area contributed by atoms with Crippen LogP contribution in [-0.4, -0.2) is 42.2 Å². The van der Waals surface area contributed by atoms with Crippen LogP contribution in [0.5, 0.6) is 5.75 Å². The van der Waals surface area contributed by atoms with Crippen molar-refractivity contribution in [1.29, 1.82) is 0 Å². The first-order valence-electron chi connectivity index (χ1n) is 16.5. The molecule has 256 valence electrons. The Balaban J connectivity index is 2.18. The summed E-state index contributed by atoms with van der Waals surface area (Å²) in [5.74, 6) is -1.40. The lowest BCUT2D eigenvalue weighted by Crippen LogP contribution is -2.40. The van der Waals surface area contributed by atoms with E-state index in [9.17, 15) is 24.3 Å². The third-order valence-corrected chi connectivity index (χ3v) is 8.94. The van der Waals surface area contributed by atoms with E-state index in [4.69, 9.17) is 18.5 Å². The van der Waals surface area contributed by atoms with E-state index in [1.807, 2.05) is 30.3 Å². The van der Waals surface area contributed by atoms with Crippen molar-refractivity contribution in [3.8, 4) is 5.75 Å². The van der Waals surface area contributed by atoms with Crippen LogP contribution >= 0.6 is 7.75 Å². The summed E-state index contributed by atoms with van der Waals surface area (Å²) in [5.41, 5.74) is 0.577. The zero-order valence-electron chi connectivity index (χ0n) is 27.5. The Morgan fingerprint density at radius 2 is 1.30 bits per heavy atom. The molecule has 2 aromatic carbocycles. The van der Waals surface area contributed by atoms with E-state index in [2.05, 4.69) is 18.9 Å². The second kappa shape index (κ2) is 22.3. The van der Waals surface area contributed by atoms with Gasteiger partial charge >= 0.3 is 19.7 Å². The first kappa shape index (κ1) is 38.9. The number of non-ortho nitro benzene ring substituents is 1. The molecule has 1 N–H and O–H groups in total. The molecule has 46 heavy (non-hydrogen) atoms. The van der Waals surface area contributed by atoms with Crippen LogP contribution in [0.1, 0.15) is 103 Å². The molecule has 0 aliphatic carbocycles. The average Bonchev–Trinajstić information content (AvgIpc) is 3.04. The number of hydrogen-bond acceptors (Lipinski definition) is 9. The molecule has 0 aromatic heterocycles. The molecule has 0 amide bonds. The van der Waals surface area contributed by atoms with Crippen molar-refractivity contribution >= 4 is 25.4 Å². The van der Waals surface area contributed by atoms with Crippen LogP contribution in [-0.2, 0) is 34.6 Å². The number of esters is 2. The maximum Gasteiger partial charge on any atom is 0.460 e. The summed E-state index contributed by atoms with van der Waals surface area (Å²) in [6.07, 6.45) is 11.0. The Bertz CT molecular complexity index is 1210. The van der Waals surface area contributed by atoms with E-state index in [-0.39, 0.29) is 31.1 Å². The number of nitrogens with zero attached hydrogens (tertiary/aromatic N) is 1. The minimum Gasteiger partial charge on any atom is -0.465 e. The molecule has 0 aliphatic rings. The predicted octanol–water partition coefficient (Wildman–Crippen LogP) is 8.50. The smallest absolute Gasteiger partial charge is 0.460 e. The van der Waals surface area contributed by atoms with Crippen LogP contribution in [0.3, 0.4) is 0 Å². The first-order chi connectivity index (χ1) is 22.2. The molecule has 0 bridgehead atoms. The summed E-state index contributed by atoms with van der Waals surface area (Å²) in [6.45, 7) is 6.08. The van der Waals surface area contributed by atoms with Crippen molar-refractivity contribution in [1.82, 2.24) is 5.09 Å². The fourth-order valence-electron chi connectivity index (χ4n) is 4.65. The molecule has 0 saturated heterocycles. The van der Waals surface area contributed by atoms with Crippen molar-refractivity contribution in [3.05, 3.63) is 70.3 Å². The highest BCUT2D eigenvalue weighted by Crippen LogP contribution is 2.46. The Kier molecular flexibility index (Phi) is 18.9. The van der Waals surface area contributed by atoms with E-state index < -0.39 is 36.8 Å². The summed E-state index contributed by atoms with van der Waals surface area (Å²) in [5, 5.41) is 13.8. The van der Waals surface area contributed by atoms with E-state index in [1.54, 1.807) is 0 Å². The number of unbranched alkanes of at least 4 members (excludes halogenated alkanes) is 10. The second-order valence-electron chi connectivity index (χ2n) is 11.3. The molecule has 2 rings (SSSR count). The van der Waals surface area contributed by atoms with Crippen molar-refractivity contribution in [2.24, 2.45) is 0 Å². The number of carbonyl (C=O) groups excluding carboxylic acids is 2. The van der Waals surface area contributed by atoms with Gasteiger partial charge in [0.1, 0.15) is 11.8 Å². The van der Waals surface area contributed by atoms with E-state index >= 15 is 0 Å². The number of rotatable bonds is 25. The summed E-state index contributed by atoms with van der Waals surface area (Å²) in [7, 11) is -4.47. The Hall–Kier alpha value is -3.27. The van der Waals surface area contributed by atoms with Gasteiger partial charge in [-0.1, -0.05) is 108 Å². The molecule has 1 unspecified atom stereocenters. The second-order valence-corrected chi connectivity index (χ2v) is 13.0. The van der Waals surface area contributed by atoms with Crippen LogP contribution in [0.2, 0.25) is 0 Å². The lowest BCUT2D eigenvalue weighted by molar-refractivity contribution is -0.384. The van der Waals surface area contributed by atoms with Crippen molar-refractivity contribution < 1.29 is 37.6 Å². The van der Waals surface area contributed by atoms with Gasteiger partial charge in [0.05, 0.1) is 18.1 Å². The molecule has 0 aliphatic heterocycles. The number of nitro groups is 1. The maximum absolute atomic E-state index is 14.3. The zero-order valence-corrected chi connectivity index (χ0v) is 28.4. The van der Waals surface area contributed by atoms with Crippen LogP contribution < -0.4 is 9.61 Å². The van der Waals surface area contributed by atoms with Gasteiger partial charge in [-0.3, -0.25) is 19.4 Å². The molecule has 2 aromatic rings. The third-order valence-electron chi connectivity index (χ3n) is 7.27. The van der Waals surface area contributed by atoms with Crippen LogP contribution in [0, 0.1) is 10.1 Å². The normalized spacial score (nSPS) is 13.7. The van der Waals surface area contributed by atoms with Gasteiger partial charge in [0.25, 0.3) is 5.69 Å².